The molecular weight excluding hydrogens is 182 g/mol. The van der Waals surface area contributed by atoms with Crippen LogP contribution in [0.15, 0.2) is 18.2 Å². The summed E-state index contributed by atoms with van der Waals surface area (Å²) in [7, 11) is 0. The van der Waals surface area contributed by atoms with Crippen molar-refractivity contribution in [3.63, 3.8) is 0 Å². The minimum absolute atomic E-state index is 0.0307. The van der Waals surface area contributed by atoms with Crippen molar-refractivity contribution in [2.75, 3.05) is 11.9 Å². The third-order valence-corrected chi connectivity index (χ3v) is 1.78. The molecule has 0 saturated heterocycles. The first-order valence-corrected chi connectivity index (χ1v) is 4.34. The molecule has 1 aromatic rings. The fourth-order valence-electron chi connectivity index (χ4n) is 1.19. The quantitative estimate of drug-likeness (QED) is 0.627. The number of phenolic OH excluding ortho intramolecular Hbond substituents is 1. The van der Waals surface area contributed by atoms with Crippen molar-refractivity contribution in [2.45, 2.75) is 13.3 Å². The molecule has 76 valence electrons. The second-order valence-electron chi connectivity index (χ2n) is 3.00. The van der Waals surface area contributed by atoms with Crippen LogP contribution in [0.4, 0.5) is 5.69 Å². The predicted molar refractivity (Wildman–Crippen MR) is 53.2 cm³/mol. The average Bonchev–Trinajstić information content (AvgIpc) is 2.10. The van der Waals surface area contributed by atoms with Crippen LogP contribution in [0.3, 0.4) is 0 Å². The summed E-state index contributed by atoms with van der Waals surface area (Å²) in [5.41, 5.74) is 1.25. The summed E-state index contributed by atoms with van der Waals surface area (Å²) < 4.78 is 0. The Morgan fingerprint density at radius 1 is 1.50 bits per heavy atom. The summed E-state index contributed by atoms with van der Waals surface area (Å²) >= 11 is 0. The first-order valence-electron chi connectivity index (χ1n) is 4.34. The van der Waals surface area contributed by atoms with Crippen LogP contribution in [0, 0.1) is 0 Å². The molecule has 1 amide bonds. The van der Waals surface area contributed by atoms with Crippen molar-refractivity contribution in [2.24, 2.45) is 0 Å². The second-order valence-corrected chi connectivity index (χ2v) is 3.00. The summed E-state index contributed by atoms with van der Waals surface area (Å²) in [6.45, 7) is 1.38. The molecule has 0 aromatic heterocycles. The van der Waals surface area contributed by atoms with Crippen molar-refractivity contribution in [3.8, 4) is 5.75 Å². The number of hydrogen-bond acceptors (Lipinski definition) is 3. The van der Waals surface area contributed by atoms with Crippen LogP contribution in [-0.2, 0) is 11.2 Å². The zero-order chi connectivity index (χ0) is 10.6. The van der Waals surface area contributed by atoms with Crippen molar-refractivity contribution in [1.29, 1.82) is 0 Å². The maximum absolute atomic E-state index is 10.7. The summed E-state index contributed by atoms with van der Waals surface area (Å²) in [6, 6.07) is 4.75. The van der Waals surface area contributed by atoms with E-state index >= 15 is 0 Å². The van der Waals surface area contributed by atoms with E-state index in [2.05, 4.69) is 5.32 Å². The lowest BCUT2D eigenvalue weighted by atomic mass is 10.1. The number of carbonyl (C=O) groups is 1. The number of rotatable bonds is 3. The molecule has 1 aromatic carbocycles. The van der Waals surface area contributed by atoms with Crippen LogP contribution in [0.5, 0.6) is 5.75 Å². The van der Waals surface area contributed by atoms with Crippen LogP contribution >= 0.6 is 0 Å². The van der Waals surface area contributed by atoms with Gasteiger partial charge in [-0.05, 0) is 30.2 Å². The third-order valence-electron chi connectivity index (χ3n) is 1.78. The lowest BCUT2D eigenvalue weighted by Gasteiger charge is -2.06. The van der Waals surface area contributed by atoms with Crippen molar-refractivity contribution < 1.29 is 15.0 Å². The van der Waals surface area contributed by atoms with Gasteiger partial charge >= 0.3 is 0 Å². The Morgan fingerprint density at radius 2 is 2.21 bits per heavy atom. The topological polar surface area (TPSA) is 69.6 Å². The fourth-order valence-corrected chi connectivity index (χ4v) is 1.19. The standard InChI is InChI=1S/C10H13NO3/c1-7(13)11-9-2-3-10(14)8(6-9)4-5-12/h2-3,6,12,14H,4-5H2,1H3,(H,11,13). The maximum Gasteiger partial charge on any atom is 0.221 e. The summed E-state index contributed by atoms with van der Waals surface area (Å²) in [5, 5.41) is 20.7. The Labute approximate surface area is 82.2 Å². The molecule has 4 heteroatoms. The number of amides is 1. The van der Waals surface area contributed by atoms with E-state index in [1.807, 2.05) is 0 Å². The number of aliphatic hydroxyl groups is 1. The Balaban J connectivity index is 2.88. The van der Waals surface area contributed by atoms with E-state index in [0.29, 0.717) is 17.7 Å². The molecule has 0 aliphatic rings. The Hall–Kier alpha value is -1.55. The van der Waals surface area contributed by atoms with E-state index in [0.717, 1.165) is 0 Å². The summed E-state index contributed by atoms with van der Waals surface area (Å²) in [5.74, 6) is -0.0289. The minimum atomic E-state index is -0.161. The van der Waals surface area contributed by atoms with Crippen molar-refractivity contribution >= 4 is 11.6 Å². The average molecular weight is 195 g/mol. The smallest absolute Gasteiger partial charge is 0.221 e. The van der Waals surface area contributed by atoms with Gasteiger partial charge in [0.2, 0.25) is 5.91 Å². The molecule has 0 fully saturated rings. The molecular formula is C10H13NO3. The maximum atomic E-state index is 10.7. The highest BCUT2D eigenvalue weighted by Gasteiger charge is 2.02. The number of carbonyl (C=O) groups excluding carboxylic acids is 1. The van der Waals surface area contributed by atoms with Gasteiger partial charge in [-0.15, -0.1) is 0 Å². The van der Waals surface area contributed by atoms with Crippen LogP contribution < -0.4 is 5.32 Å². The molecule has 3 N–H and O–H groups in total. The SMILES string of the molecule is CC(=O)Nc1ccc(O)c(CCO)c1. The molecule has 0 bridgehead atoms. The molecule has 1 rings (SSSR count). The van der Waals surface area contributed by atoms with E-state index < -0.39 is 0 Å². The number of nitrogens with one attached hydrogen (secondary N) is 1. The van der Waals surface area contributed by atoms with Crippen LogP contribution in [-0.4, -0.2) is 22.7 Å². The van der Waals surface area contributed by atoms with Gasteiger partial charge in [0, 0.05) is 19.2 Å². The molecule has 0 unspecified atom stereocenters. The molecule has 0 spiro atoms. The monoisotopic (exact) mass is 195 g/mol. The lowest BCUT2D eigenvalue weighted by molar-refractivity contribution is -0.114. The van der Waals surface area contributed by atoms with Crippen LogP contribution in [0.2, 0.25) is 0 Å². The predicted octanol–water partition coefficient (Wildman–Crippen LogP) is 0.885. The third kappa shape index (κ3) is 2.74. The summed E-state index contributed by atoms with van der Waals surface area (Å²) in [4.78, 5) is 10.7. The lowest BCUT2D eigenvalue weighted by Crippen LogP contribution is -2.06. The Bertz CT molecular complexity index is 336. The van der Waals surface area contributed by atoms with Crippen molar-refractivity contribution in [3.05, 3.63) is 23.8 Å². The molecule has 0 aliphatic carbocycles. The first-order chi connectivity index (χ1) is 6.63. The highest BCUT2D eigenvalue weighted by atomic mass is 16.3. The second kappa shape index (κ2) is 4.62. The van der Waals surface area contributed by atoms with E-state index in [1.54, 1.807) is 12.1 Å². The van der Waals surface area contributed by atoms with Gasteiger partial charge in [0.1, 0.15) is 5.75 Å². The number of anilines is 1. The molecule has 0 aliphatic heterocycles. The van der Waals surface area contributed by atoms with Gasteiger partial charge in [-0.25, -0.2) is 0 Å². The molecule has 0 saturated carbocycles. The van der Waals surface area contributed by atoms with Crippen LogP contribution in [0.1, 0.15) is 12.5 Å². The van der Waals surface area contributed by atoms with Crippen molar-refractivity contribution in [1.82, 2.24) is 0 Å². The van der Waals surface area contributed by atoms with Gasteiger partial charge in [0.05, 0.1) is 0 Å². The molecule has 0 heterocycles. The number of aliphatic hydroxyl groups excluding tert-OH is 1. The van der Waals surface area contributed by atoms with Gasteiger partial charge in [-0.3, -0.25) is 4.79 Å². The van der Waals surface area contributed by atoms with Gasteiger partial charge in [-0.2, -0.15) is 0 Å². The number of hydrogen-bond donors (Lipinski definition) is 3. The highest BCUT2D eigenvalue weighted by Crippen LogP contribution is 2.21. The van der Waals surface area contributed by atoms with Gasteiger partial charge < -0.3 is 15.5 Å². The van der Waals surface area contributed by atoms with E-state index in [4.69, 9.17) is 5.11 Å². The molecule has 4 nitrogen and oxygen atoms in total. The fraction of sp³-hybridized carbons (Fsp3) is 0.300. The molecule has 0 radical (unpaired) electrons. The first kappa shape index (κ1) is 10.5. The summed E-state index contributed by atoms with van der Waals surface area (Å²) in [6.07, 6.45) is 0.374. The Kier molecular flexibility index (Phi) is 3.48. The van der Waals surface area contributed by atoms with Gasteiger partial charge in [0.15, 0.2) is 0 Å². The number of aromatic hydroxyl groups is 1. The number of benzene rings is 1. The van der Waals surface area contributed by atoms with E-state index in [9.17, 15) is 9.90 Å². The number of phenols is 1. The van der Waals surface area contributed by atoms with Gasteiger partial charge in [0.25, 0.3) is 0 Å². The van der Waals surface area contributed by atoms with Gasteiger partial charge in [-0.1, -0.05) is 0 Å². The highest BCUT2D eigenvalue weighted by molar-refractivity contribution is 5.88. The van der Waals surface area contributed by atoms with E-state index in [1.165, 1.54) is 13.0 Å². The largest absolute Gasteiger partial charge is 0.508 e. The normalized spacial score (nSPS) is 9.86. The molecule has 14 heavy (non-hydrogen) atoms. The minimum Gasteiger partial charge on any atom is -0.508 e. The zero-order valence-corrected chi connectivity index (χ0v) is 7.95. The zero-order valence-electron chi connectivity index (χ0n) is 7.95. The Morgan fingerprint density at radius 3 is 2.79 bits per heavy atom. The van der Waals surface area contributed by atoms with E-state index in [-0.39, 0.29) is 18.3 Å². The van der Waals surface area contributed by atoms with Crippen LogP contribution in [0.25, 0.3) is 0 Å². The molecule has 0 atom stereocenters.